The number of imidazole rings is 2. The molecule has 24 heteroatoms. The number of nitrogens with zero attached hydrogens (tertiary/aromatic N) is 3. The molecular weight excluding hydrogens is 744 g/mol. The van der Waals surface area contributed by atoms with E-state index in [0.717, 1.165) is 6.92 Å². The minimum Gasteiger partial charge on any atom is -0.480 e. The third-order valence-corrected chi connectivity index (χ3v) is 8.75. The molecule has 1 aliphatic rings. The van der Waals surface area contributed by atoms with E-state index in [1.807, 2.05) is 0 Å². The number of carboxylic acid groups (broad SMARTS) is 1. The first-order valence-corrected chi connectivity index (χ1v) is 17.5. The number of carboxylic acids is 1. The van der Waals surface area contributed by atoms with Gasteiger partial charge < -0.3 is 73.3 Å². The minimum atomic E-state index is -1.81. The molecule has 0 unspecified atom stereocenters. The predicted octanol–water partition coefficient (Wildman–Crippen LogP) is -6.62. The Morgan fingerprint density at radius 1 is 0.821 bits per heavy atom. The van der Waals surface area contributed by atoms with Gasteiger partial charge >= 0.3 is 5.97 Å². The van der Waals surface area contributed by atoms with Crippen molar-refractivity contribution in [3.63, 3.8) is 0 Å². The molecule has 0 radical (unpaired) electrons. The Morgan fingerprint density at radius 2 is 1.36 bits per heavy atom. The van der Waals surface area contributed by atoms with E-state index in [1.54, 1.807) is 0 Å². The van der Waals surface area contributed by atoms with Gasteiger partial charge in [-0.25, -0.2) is 14.8 Å². The monoisotopic (exact) mass is 792 g/mol. The number of nitrogens with two attached hydrogens (primary N) is 2. The van der Waals surface area contributed by atoms with Crippen molar-refractivity contribution in [3.05, 3.63) is 36.4 Å². The Bertz CT molecular complexity index is 1670. The fraction of sp³-hybridized carbons (Fsp3) is 0.562. The van der Waals surface area contributed by atoms with Crippen molar-refractivity contribution in [1.82, 2.24) is 51.4 Å². The van der Waals surface area contributed by atoms with Crippen molar-refractivity contribution in [2.24, 2.45) is 11.5 Å². The molecule has 0 spiro atoms. The van der Waals surface area contributed by atoms with Crippen LogP contribution in [-0.4, -0.2) is 161 Å². The molecular formula is C32H48N12O12. The smallest absolute Gasteiger partial charge is 0.326 e. The SMILES string of the molecule is C[C@@H](O)[C@H](NC(=O)[C@H](CO)NC(=O)[C@H](CO)NC(=O)[C@@H]1CCCN1C(=O)[C@@H](N)Cc1cnc[nH]1)C(=O)N[C@@H](Cc1cnc[nH]1)C(=O)N[C@@H](CCC(N)=O)C(=O)O. The van der Waals surface area contributed by atoms with Gasteiger partial charge in [-0.2, -0.15) is 0 Å². The zero-order valence-corrected chi connectivity index (χ0v) is 30.3. The van der Waals surface area contributed by atoms with Crippen molar-refractivity contribution < 1.29 is 58.8 Å². The number of carbonyl (C=O) groups is 8. The van der Waals surface area contributed by atoms with Gasteiger partial charge in [0.1, 0.15) is 36.3 Å². The second kappa shape index (κ2) is 21.2. The fourth-order valence-corrected chi connectivity index (χ4v) is 5.73. The van der Waals surface area contributed by atoms with E-state index in [9.17, 15) is 58.8 Å². The van der Waals surface area contributed by atoms with E-state index < -0.39 is 109 Å². The van der Waals surface area contributed by atoms with Crippen molar-refractivity contribution in [1.29, 1.82) is 0 Å². The van der Waals surface area contributed by atoms with Crippen LogP contribution in [0.2, 0.25) is 0 Å². The van der Waals surface area contributed by atoms with Gasteiger partial charge in [0.15, 0.2) is 0 Å². The highest BCUT2D eigenvalue weighted by Crippen LogP contribution is 2.19. The number of aliphatic hydroxyl groups is 3. The molecule has 2 aromatic heterocycles. The summed E-state index contributed by atoms with van der Waals surface area (Å²) in [6, 6.07) is -10.4. The van der Waals surface area contributed by atoms with E-state index in [2.05, 4.69) is 46.5 Å². The number of likely N-dealkylation sites (tertiary alicyclic amines) is 1. The second-order valence-corrected chi connectivity index (χ2v) is 13.0. The van der Waals surface area contributed by atoms with Crippen LogP contribution in [0.25, 0.3) is 0 Å². The Morgan fingerprint density at radius 3 is 1.89 bits per heavy atom. The molecule has 0 aromatic carbocycles. The maximum absolute atomic E-state index is 13.4. The molecule has 308 valence electrons. The summed E-state index contributed by atoms with van der Waals surface area (Å²) in [7, 11) is 0. The number of primary amides is 1. The lowest BCUT2D eigenvalue weighted by Gasteiger charge is -2.28. The van der Waals surface area contributed by atoms with Gasteiger partial charge in [0, 0.05) is 49.6 Å². The number of aromatic amines is 2. The van der Waals surface area contributed by atoms with Crippen LogP contribution in [0.15, 0.2) is 25.0 Å². The third-order valence-electron chi connectivity index (χ3n) is 8.75. The number of carbonyl (C=O) groups excluding carboxylic acids is 7. The number of rotatable bonds is 22. The molecule has 1 fully saturated rings. The minimum absolute atomic E-state index is 0.127. The van der Waals surface area contributed by atoms with Crippen LogP contribution in [0.4, 0.5) is 0 Å². The van der Waals surface area contributed by atoms with Crippen LogP contribution < -0.4 is 38.1 Å². The summed E-state index contributed by atoms with van der Waals surface area (Å²) in [5, 5.41) is 51.0. The summed E-state index contributed by atoms with van der Waals surface area (Å²) < 4.78 is 0. The van der Waals surface area contributed by atoms with Crippen molar-refractivity contribution in [3.8, 4) is 0 Å². The number of H-pyrrole nitrogens is 2. The van der Waals surface area contributed by atoms with E-state index in [4.69, 9.17) is 11.5 Å². The molecule has 0 saturated carbocycles. The topological polar surface area (TPSA) is 390 Å². The lowest BCUT2D eigenvalue weighted by Crippen LogP contribution is -2.62. The quantitative estimate of drug-likeness (QED) is 0.0527. The molecule has 3 heterocycles. The lowest BCUT2D eigenvalue weighted by molar-refractivity contribution is -0.142. The second-order valence-electron chi connectivity index (χ2n) is 13.0. The van der Waals surface area contributed by atoms with Crippen LogP contribution in [-0.2, 0) is 51.2 Å². The Kier molecular flexibility index (Phi) is 16.8. The van der Waals surface area contributed by atoms with Gasteiger partial charge in [0.2, 0.25) is 41.4 Å². The first-order chi connectivity index (χ1) is 26.6. The lowest BCUT2D eigenvalue weighted by atomic mass is 10.1. The number of nitrogens with one attached hydrogen (secondary N) is 7. The highest BCUT2D eigenvalue weighted by molar-refractivity contribution is 5.97. The number of aromatic nitrogens is 4. The molecule has 15 N–H and O–H groups in total. The number of aliphatic carboxylic acids is 1. The summed E-state index contributed by atoms with van der Waals surface area (Å²) in [6.07, 6.45) is 3.71. The van der Waals surface area contributed by atoms with Gasteiger partial charge in [-0.05, 0) is 26.2 Å². The molecule has 2 aromatic rings. The van der Waals surface area contributed by atoms with Crippen molar-refractivity contribution in [2.75, 3.05) is 19.8 Å². The molecule has 24 nitrogen and oxygen atoms in total. The number of hydrogen-bond donors (Lipinski definition) is 13. The largest absolute Gasteiger partial charge is 0.480 e. The van der Waals surface area contributed by atoms with Crippen LogP contribution in [0.1, 0.15) is 44.0 Å². The average molecular weight is 793 g/mol. The normalized spacial score (nSPS) is 17.6. The van der Waals surface area contributed by atoms with Gasteiger partial charge in [-0.3, -0.25) is 33.6 Å². The maximum atomic E-state index is 13.4. The molecule has 7 amide bonds. The van der Waals surface area contributed by atoms with Gasteiger partial charge in [-0.15, -0.1) is 0 Å². The van der Waals surface area contributed by atoms with Crippen LogP contribution in [0, 0.1) is 0 Å². The standard InChI is InChI=1S/C32H48N12O12/c1-15(47)25(30(53)40-20(8-17-10-36-14-38-17)26(49)39-19(32(55)56)4-5-24(34)48)43-28(51)22(12-46)41-27(50)21(11-45)42-29(52)23-3-2-6-44(23)31(54)18(33)7-16-9-35-13-37-16/h9-10,13-15,18-23,25,45-47H,2-8,11-12,33H2,1H3,(H2,34,48)(H,35,37)(H,36,38)(H,39,49)(H,40,53)(H,41,50)(H,42,52)(H,43,51)(H,55,56)/t15-,18+,19+,20+,21+,22+,23+,25+/m1/s1. The average Bonchev–Trinajstić information content (AvgIpc) is 3.96. The first kappa shape index (κ1) is 44.4. The molecule has 3 rings (SSSR count). The number of aliphatic hydroxyl groups excluding tert-OH is 3. The summed E-state index contributed by atoms with van der Waals surface area (Å²) in [5.74, 6) is -8.08. The molecule has 0 bridgehead atoms. The highest BCUT2D eigenvalue weighted by Gasteiger charge is 2.39. The van der Waals surface area contributed by atoms with Gasteiger partial charge in [0.25, 0.3) is 0 Å². The molecule has 56 heavy (non-hydrogen) atoms. The Labute approximate surface area is 318 Å². The molecule has 8 atom stereocenters. The zero-order valence-electron chi connectivity index (χ0n) is 30.3. The summed E-state index contributed by atoms with van der Waals surface area (Å²) in [6.45, 7) is -0.683. The first-order valence-electron chi connectivity index (χ1n) is 17.5. The van der Waals surface area contributed by atoms with Crippen LogP contribution in [0.3, 0.4) is 0 Å². The number of amides is 7. The van der Waals surface area contributed by atoms with Crippen LogP contribution in [0.5, 0.6) is 0 Å². The molecule has 1 saturated heterocycles. The highest BCUT2D eigenvalue weighted by atomic mass is 16.4. The zero-order chi connectivity index (χ0) is 41.5. The van der Waals surface area contributed by atoms with E-state index >= 15 is 0 Å². The maximum Gasteiger partial charge on any atom is 0.326 e. The van der Waals surface area contributed by atoms with E-state index in [0.29, 0.717) is 17.8 Å². The van der Waals surface area contributed by atoms with Gasteiger partial charge in [-0.1, -0.05) is 0 Å². The van der Waals surface area contributed by atoms with E-state index in [1.165, 1.54) is 29.9 Å². The van der Waals surface area contributed by atoms with Crippen molar-refractivity contribution >= 4 is 47.3 Å². The predicted molar refractivity (Wildman–Crippen MR) is 189 cm³/mol. The van der Waals surface area contributed by atoms with Gasteiger partial charge in [0.05, 0.1) is 38.0 Å². The summed E-state index contributed by atoms with van der Waals surface area (Å²) in [4.78, 5) is 117. The van der Waals surface area contributed by atoms with Crippen LogP contribution >= 0.6 is 0 Å². The number of hydrogen-bond acceptors (Lipinski definition) is 14. The third kappa shape index (κ3) is 12.8. The van der Waals surface area contributed by atoms with E-state index in [-0.39, 0.29) is 38.6 Å². The summed E-state index contributed by atoms with van der Waals surface area (Å²) in [5.41, 5.74) is 12.1. The van der Waals surface area contributed by atoms with Crippen molar-refractivity contribution in [2.45, 2.75) is 93.8 Å². The fourth-order valence-electron chi connectivity index (χ4n) is 5.73. The Balaban J connectivity index is 1.65. The molecule has 0 aliphatic carbocycles. The molecule has 1 aliphatic heterocycles. The Hall–Kier alpha value is -5.98. The summed E-state index contributed by atoms with van der Waals surface area (Å²) >= 11 is 0.